The van der Waals surface area contributed by atoms with E-state index in [0.717, 1.165) is 25.7 Å². The van der Waals surface area contributed by atoms with Gasteiger partial charge in [0.05, 0.1) is 12.1 Å². The number of pyridine rings is 1. The minimum atomic E-state index is -1.03. The van der Waals surface area contributed by atoms with Gasteiger partial charge in [-0.2, -0.15) is 0 Å². The van der Waals surface area contributed by atoms with Crippen molar-refractivity contribution in [3.05, 3.63) is 22.3 Å². The molecule has 1 aromatic rings. The molecule has 2 unspecified atom stereocenters. The van der Waals surface area contributed by atoms with Crippen LogP contribution in [0, 0.1) is 5.92 Å². The van der Waals surface area contributed by atoms with E-state index < -0.39 is 11.5 Å². The second kappa shape index (κ2) is 6.10. The minimum absolute atomic E-state index is 0.0197. The minimum Gasteiger partial charge on any atom is -0.478 e. The van der Waals surface area contributed by atoms with E-state index in [2.05, 4.69) is 33.2 Å². The highest BCUT2D eigenvalue weighted by Gasteiger charge is 2.35. The average molecular weight is 343 g/mol. The first kappa shape index (κ1) is 15.3. The van der Waals surface area contributed by atoms with E-state index in [1.54, 1.807) is 6.20 Å². The summed E-state index contributed by atoms with van der Waals surface area (Å²) in [5.41, 5.74) is -0.353. The van der Waals surface area contributed by atoms with Crippen molar-refractivity contribution in [1.82, 2.24) is 4.98 Å². The summed E-state index contributed by atoms with van der Waals surface area (Å²) in [4.78, 5) is 15.5. The molecule has 2 atom stereocenters. The zero-order valence-electron chi connectivity index (χ0n) is 11.4. The molecule has 5 nitrogen and oxygen atoms in total. The molecule has 0 aromatic carbocycles. The Morgan fingerprint density at radius 3 is 3.00 bits per heavy atom. The van der Waals surface area contributed by atoms with Gasteiger partial charge in [-0.3, -0.25) is 0 Å². The number of carbonyl (C=O) groups is 1. The molecule has 0 radical (unpaired) electrons. The molecule has 1 saturated carbocycles. The SMILES string of the molecule is CC1CCCC(CO)(Nc2ncc(Br)cc2C(=O)O)C1. The summed E-state index contributed by atoms with van der Waals surface area (Å²) in [6, 6.07) is 1.52. The van der Waals surface area contributed by atoms with Crippen LogP contribution in [0.3, 0.4) is 0 Å². The molecule has 0 amide bonds. The van der Waals surface area contributed by atoms with E-state index in [9.17, 15) is 15.0 Å². The summed E-state index contributed by atoms with van der Waals surface area (Å²) in [7, 11) is 0. The summed E-state index contributed by atoms with van der Waals surface area (Å²) < 4.78 is 0.621. The van der Waals surface area contributed by atoms with Gasteiger partial charge in [-0.25, -0.2) is 9.78 Å². The zero-order valence-corrected chi connectivity index (χ0v) is 13.0. The second-order valence-electron chi connectivity index (χ2n) is 5.62. The van der Waals surface area contributed by atoms with Crippen molar-refractivity contribution in [2.45, 2.75) is 38.1 Å². The van der Waals surface area contributed by atoms with E-state index in [1.807, 2.05) is 0 Å². The van der Waals surface area contributed by atoms with Gasteiger partial charge in [0.1, 0.15) is 11.4 Å². The lowest BCUT2D eigenvalue weighted by molar-refractivity contribution is 0.0697. The fraction of sp³-hybridized carbons (Fsp3) is 0.571. The number of carboxylic acid groups (broad SMARTS) is 1. The van der Waals surface area contributed by atoms with Crippen molar-refractivity contribution in [2.75, 3.05) is 11.9 Å². The second-order valence-corrected chi connectivity index (χ2v) is 6.54. The van der Waals surface area contributed by atoms with Gasteiger partial charge in [0.2, 0.25) is 0 Å². The number of hydrogen-bond acceptors (Lipinski definition) is 4. The predicted molar refractivity (Wildman–Crippen MR) is 80.0 cm³/mol. The Kier molecular flexibility index (Phi) is 4.65. The highest BCUT2D eigenvalue weighted by Crippen LogP contribution is 2.35. The van der Waals surface area contributed by atoms with Crippen LogP contribution in [-0.4, -0.2) is 33.3 Å². The van der Waals surface area contributed by atoms with Gasteiger partial charge in [-0.05, 0) is 40.8 Å². The Labute approximate surface area is 126 Å². The third-order valence-corrected chi connectivity index (χ3v) is 4.30. The van der Waals surface area contributed by atoms with Gasteiger partial charge in [0, 0.05) is 10.7 Å². The predicted octanol–water partition coefficient (Wildman–Crippen LogP) is 2.90. The number of aromatic carboxylic acids is 1. The monoisotopic (exact) mass is 342 g/mol. The number of aliphatic hydroxyl groups is 1. The fourth-order valence-electron chi connectivity index (χ4n) is 2.91. The maximum Gasteiger partial charge on any atom is 0.339 e. The molecule has 110 valence electrons. The van der Waals surface area contributed by atoms with Crippen LogP contribution in [0.25, 0.3) is 0 Å². The molecule has 1 aliphatic rings. The van der Waals surface area contributed by atoms with Crippen LogP contribution in [0.1, 0.15) is 43.0 Å². The number of nitrogens with one attached hydrogen (secondary N) is 1. The highest BCUT2D eigenvalue weighted by atomic mass is 79.9. The lowest BCUT2D eigenvalue weighted by Gasteiger charge is -2.40. The van der Waals surface area contributed by atoms with Crippen molar-refractivity contribution in [3.8, 4) is 0 Å². The quantitative estimate of drug-likeness (QED) is 0.783. The Bertz CT molecular complexity index is 509. The van der Waals surface area contributed by atoms with Gasteiger partial charge < -0.3 is 15.5 Å². The fourth-order valence-corrected chi connectivity index (χ4v) is 3.24. The van der Waals surface area contributed by atoms with E-state index in [-0.39, 0.29) is 12.2 Å². The van der Waals surface area contributed by atoms with E-state index >= 15 is 0 Å². The first-order valence-electron chi connectivity index (χ1n) is 6.74. The molecule has 0 spiro atoms. The molecular weight excluding hydrogens is 324 g/mol. The summed E-state index contributed by atoms with van der Waals surface area (Å²) >= 11 is 3.23. The van der Waals surface area contributed by atoms with Crippen molar-refractivity contribution in [2.24, 2.45) is 5.92 Å². The smallest absolute Gasteiger partial charge is 0.339 e. The highest BCUT2D eigenvalue weighted by molar-refractivity contribution is 9.10. The molecule has 2 rings (SSSR count). The Hall–Kier alpha value is -1.14. The van der Waals surface area contributed by atoms with Crippen LogP contribution in [0.5, 0.6) is 0 Å². The molecular formula is C14H19BrN2O3. The first-order chi connectivity index (χ1) is 9.46. The average Bonchev–Trinajstić information content (AvgIpc) is 2.40. The Morgan fingerprint density at radius 2 is 2.40 bits per heavy atom. The topological polar surface area (TPSA) is 82.5 Å². The number of nitrogens with zero attached hydrogens (tertiary/aromatic N) is 1. The zero-order chi connectivity index (χ0) is 14.8. The number of aromatic nitrogens is 1. The van der Waals surface area contributed by atoms with E-state index in [1.165, 1.54) is 6.07 Å². The van der Waals surface area contributed by atoms with E-state index in [4.69, 9.17) is 0 Å². The van der Waals surface area contributed by atoms with Gasteiger partial charge in [0.15, 0.2) is 0 Å². The van der Waals surface area contributed by atoms with Crippen LogP contribution in [0.15, 0.2) is 16.7 Å². The standard InChI is InChI=1S/C14H19BrN2O3/c1-9-3-2-4-14(6-9,8-18)17-12-11(13(19)20)5-10(15)7-16-12/h5,7,9,18H,2-4,6,8H2,1H3,(H,16,17)(H,19,20). The number of carboxylic acids is 1. The molecule has 1 aliphatic carbocycles. The Morgan fingerprint density at radius 1 is 1.65 bits per heavy atom. The normalized spacial score (nSPS) is 26.2. The number of rotatable bonds is 4. The van der Waals surface area contributed by atoms with Crippen molar-refractivity contribution in [1.29, 1.82) is 0 Å². The number of halogens is 1. The largest absolute Gasteiger partial charge is 0.478 e. The van der Waals surface area contributed by atoms with Crippen molar-refractivity contribution < 1.29 is 15.0 Å². The first-order valence-corrected chi connectivity index (χ1v) is 7.53. The van der Waals surface area contributed by atoms with Crippen LogP contribution in [-0.2, 0) is 0 Å². The van der Waals surface area contributed by atoms with Crippen LogP contribution in [0.2, 0.25) is 0 Å². The van der Waals surface area contributed by atoms with Crippen molar-refractivity contribution in [3.63, 3.8) is 0 Å². The maximum absolute atomic E-state index is 11.3. The van der Waals surface area contributed by atoms with Gasteiger partial charge in [0.25, 0.3) is 0 Å². The van der Waals surface area contributed by atoms with Gasteiger partial charge in [-0.15, -0.1) is 0 Å². The molecule has 20 heavy (non-hydrogen) atoms. The van der Waals surface area contributed by atoms with Gasteiger partial charge >= 0.3 is 5.97 Å². The molecule has 0 saturated heterocycles. The molecule has 1 aromatic heterocycles. The Balaban J connectivity index is 2.30. The summed E-state index contributed by atoms with van der Waals surface area (Å²) in [6.45, 7) is 2.13. The summed E-state index contributed by atoms with van der Waals surface area (Å²) in [5.74, 6) is -0.200. The van der Waals surface area contributed by atoms with Crippen LogP contribution < -0.4 is 5.32 Å². The molecule has 1 heterocycles. The third-order valence-electron chi connectivity index (χ3n) is 3.86. The lowest BCUT2D eigenvalue weighted by atomic mass is 9.77. The van der Waals surface area contributed by atoms with E-state index in [0.29, 0.717) is 16.2 Å². The number of aliphatic hydroxyl groups excluding tert-OH is 1. The molecule has 0 aliphatic heterocycles. The van der Waals surface area contributed by atoms with Gasteiger partial charge in [-0.1, -0.05) is 19.8 Å². The van der Waals surface area contributed by atoms with Crippen LogP contribution in [0.4, 0.5) is 5.82 Å². The summed E-state index contributed by atoms with van der Waals surface area (Å²) in [5, 5.41) is 22.2. The lowest BCUT2D eigenvalue weighted by Crippen LogP contribution is -2.46. The summed E-state index contributed by atoms with van der Waals surface area (Å²) in [6.07, 6.45) is 5.37. The molecule has 3 N–H and O–H groups in total. The number of anilines is 1. The molecule has 6 heteroatoms. The van der Waals surface area contributed by atoms with Crippen molar-refractivity contribution >= 4 is 27.7 Å². The molecule has 1 fully saturated rings. The van der Waals surface area contributed by atoms with Crippen LogP contribution >= 0.6 is 15.9 Å². The third kappa shape index (κ3) is 3.30. The maximum atomic E-state index is 11.3. The molecule has 0 bridgehead atoms. The number of hydrogen-bond donors (Lipinski definition) is 3.